The van der Waals surface area contributed by atoms with Crippen molar-refractivity contribution in [3.8, 4) is 11.5 Å². The molecule has 176 valence electrons. The molecule has 0 bridgehead atoms. The van der Waals surface area contributed by atoms with Crippen LogP contribution >= 0.6 is 0 Å². The molecule has 2 aliphatic rings. The minimum Gasteiger partial charge on any atom is -0.493 e. The van der Waals surface area contributed by atoms with Crippen LogP contribution in [0.2, 0.25) is 0 Å². The summed E-state index contributed by atoms with van der Waals surface area (Å²) >= 11 is 0. The molecule has 0 spiro atoms. The van der Waals surface area contributed by atoms with E-state index < -0.39 is 27.8 Å². The first-order chi connectivity index (χ1) is 16.3. The largest absolute Gasteiger partial charge is 0.493 e. The van der Waals surface area contributed by atoms with Crippen LogP contribution in [0.3, 0.4) is 0 Å². The Morgan fingerprint density at radius 1 is 1.18 bits per heavy atom. The summed E-state index contributed by atoms with van der Waals surface area (Å²) in [7, 11) is -1.79. The fourth-order valence-electron chi connectivity index (χ4n) is 4.76. The third-order valence-electron chi connectivity index (χ3n) is 6.28. The Morgan fingerprint density at radius 3 is 2.68 bits per heavy atom. The highest BCUT2D eigenvalue weighted by Crippen LogP contribution is 2.43. The van der Waals surface area contributed by atoms with E-state index in [-0.39, 0.29) is 34.9 Å². The van der Waals surface area contributed by atoms with Gasteiger partial charge in [0.1, 0.15) is 12.2 Å². The zero-order valence-electron chi connectivity index (χ0n) is 18.5. The van der Waals surface area contributed by atoms with Gasteiger partial charge in [-0.05, 0) is 36.2 Å². The predicted octanol–water partition coefficient (Wildman–Crippen LogP) is 3.10. The normalized spacial score (nSPS) is 21.0. The summed E-state index contributed by atoms with van der Waals surface area (Å²) in [4.78, 5) is 28.6. The van der Waals surface area contributed by atoms with Gasteiger partial charge in [0.15, 0.2) is 26.8 Å². The van der Waals surface area contributed by atoms with Crippen molar-refractivity contribution >= 4 is 26.7 Å². The first-order valence-electron chi connectivity index (χ1n) is 10.8. The van der Waals surface area contributed by atoms with Gasteiger partial charge in [-0.2, -0.15) is 0 Å². The van der Waals surface area contributed by atoms with E-state index in [0.717, 1.165) is 0 Å². The van der Waals surface area contributed by atoms with Crippen LogP contribution in [0.4, 0.5) is 0 Å². The van der Waals surface area contributed by atoms with Crippen molar-refractivity contribution in [2.24, 2.45) is 0 Å². The highest BCUT2D eigenvalue weighted by Gasteiger charge is 2.48. The fraction of sp³-hybridized carbons (Fsp3) is 0.280. The second-order valence-corrected chi connectivity index (χ2v) is 10.6. The van der Waals surface area contributed by atoms with Gasteiger partial charge >= 0.3 is 0 Å². The summed E-state index contributed by atoms with van der Waals surface area (Å²) in [5, 5.41) is 0.359. The minimum atomic E-state index is -3.28. The molecule has 0 N–H and O–H groups in total. The first kappa shape index (κ1) is 22.2. The maximum Gasteiger partial charge on any atom is 0.291 e. The quantitative estimate of drug-likeness (QED) is 0.499. The van der Waals surface area contributed by atoms with Crippen molar-refractivity contribution in [2.75, 3.05) is 25.2 Å². The molecular formula is C25H23NO7S. The first-order valence-corrected chi connectivity index (χ1v) is 12.7. The van der Waals surface area contributed by atoms with E-state index in [4.69, 9.17) is 13.9 Å². The van der Waals surface area contributed by atoms with Crippen molar-refractivity contribution in [1.29, 1.82) is 0 Å². The third-order valence-corrected chi connectivity index (χ3v) is 8.03. The number of methoxy groups -OCH3 is 1. The Kier molecular flexibility index (Phi) is 5.44. The van der Waals surface area contributed by atoms with Gasteiger partial charge in [-0.3, -0.25) is 9.59 Å². The highest BCUT2D eigenvalue weighted by molar-refractivity contribution is 7.91. The summed E-state index contributed by atoms with van der Waals surface area (Å²) in [5.41, 5.74) is 0.797. The Hall–Kier alpha value is -3.59. The lowest BCUT2D eigenvalue weighted by molar-refractivity contribution is 0.0662. The van der Waals surface area contributed by atoms with Gasteiger partial charge in [0.2, 0.25) is 5.76 Å². The number of ether oxygens (including phenoxy) is 2. The molecule has 5 rings (SSSR count). The number of hydrogen-bond acceptors (Lipinski definition) is 7. The highest BCUT2D eigenvalue weighted by atomic mass is 32.2. The maximum atomic E-state index is 13.6. The molecule has 34 heavy (non-hydrogen) atoms. The van der Waals surface area contributed by atoms with E-state index >= 15 is 0 Å². The molecule has 2 atom stereocenters. The molecule has 0 saturated carbocycles. The van der Waals surface area contributed by atoms with E-state index in [9.17, 15) is 18.0 Å². The number of rotatable bonds is 6. The molecule has 1 saturated heterocycles. The molecule has 2 aliphatic heterocycles. The number of benzene rings is 2. The summed E-state index contributed by atoms with van der Waals surface area (Å²) in [5.74, 6) is 0.195. The van der Waals surface area contributed by atoms with E-state index in [2.05, 4.69) is 6.58 Å². The van der Waals surface area contributed by atoms with Gasteiger partial charge in [-0.25, -0.2) is 8.42 Å². The van der Waals surface area contributed by atoms with Crippen LogP contribution in [0.1, 0.15) is 34.1 Å². The van der Waals surface area contributed by atoms with Crippen molar-refractivity contribution in [2.45, 2.75) is 18.5 Å². The monoisotopic (exact) mass is 481 g/mol. The van der Waals surface area contributed by atoms with Crippen molar-refractivity contribution < 1.29 is 27.1 Å². The molecule has 9 heteroatoms. The molecule has 0 aliphatic carbocycles. The number of hydrogen-bond donors (Lipinski definition) is 0. The van der Waals surface area contributed by atoms with Gasteiger partial charge in [-0.15, -0.1) is 0 Å². The third kappa shape index (κ3) is 3.56. The number of sulfone groups is 1. The van der Waals surface area contributed by atoms with Gasteiger partial charge in [0.05, 0.1) is 35.6 Å². The lowest BCUT2D eigenvalue weighted by Crippen LogP contribution is -2.40. The zero-order valence-corrected chi connectivity index (χ0v) is 19.3. The van der Waals surface area contributed by atoms with Crippen LogP contribution in [-0.2, 0) is 9.84 Å². The van der Waals surface area contributed by atoms with Crippen molar-refractivity contribution in [3.63, 3.8) is 0 Å². The van der Waals surface area contributed by atoms with Crippen LogP contribution in [0.15, 0.2) is 64.3 Å². The van der Waals surface area contributed by atoms with Gasteiger partial charge in [0.25, 0.3) is 5.91 Å². The van der Waals surface area contributed by atoms with Crippen LogP contribution in [0, 0.1) is 0 Å². The Balaban J connectivity index is 1.71. The molecule has 2 aromatic carbocycles. The molecule has 2 unspecified atom stereocenters. The standard InChI is InChI=1S/C25H23NO7S/c1-3-11-32-19-9-8-15(13-20(19)31-2)22-21-23(27)17-6-4-5-7-18(17)33-24(21)25(28)26(22)16-10-12-34(29,30)14-16/h3-9,13,16,22H,1,10-12,14H2,2H3. The average molecular weight is 482 g/mol. The molecule has 8 nitrogen and oxygen atoms in total. The second kappa shape index (κ2) is 8.32. The van der Waals surface area contributed by atoms with E-state index in [1.165, 1.54) is 12.0 Å². The summed E-state index contributed by atoms with van der Waals surface area (Å²) in [6.07, 6.45) is 1.90. The van der Waals surface area contributed by atoms with Gasteiger partial charge in [-0.1, -0.05) is 30.9 Å². The summed E-state index contributed by atoms with van der Waals surface area (Å²) in [6, 6.07) is 10.5. The molecule has 1 amide bonds. The Morgan fingerprint density at radius 2 is 1.97 bits per heavy atom. The topological polar surface area (TPSA) is 103 Å². The van der Waals surface area contributed by atoms with Crippen LogP contribution in [0.25, 0.3) is 11.0 Å². The minimum absolute atomic E-state index is 0.00842. The number of carbonyl (C=O) groups excluding carboxylic acids is 1. The maximum absolute atomic E-state index is 13.6. The van der Waals surface area contributed by atoms with E-state index in [0.29, 0.717) is 34.5 Å². The lowest BCUT2D eigenvalue weighted by atomic mass is 9.97. The van der Waals surface area contributed by atoms with E-state index in [1.54, 1.807) is 48.5 Å². The number of carbonyl (C=O) groups is 1. The molecule has 3 heterocycles. The summed E-state index contributed by atoms with van der Waals surface area (Å²) in [6.45, 7) is 3.92. The molecular weight excluding hydrogens is 458 g/mol. The number of para-hydroxylation sites is 1. The molecule has 3 aromatic rings. The van der Waals surface area contributed by atoms with Crippen LogP contribution < -0.4 is 14.9 Å². The lowest BCUT2D eigenvalue weighted by Gasteiger charge is -2.30. The Labute approximate surface area is 196 Å². The predicted molar refractivity (Wildman–Crippen MR) is 126 cm³/mol. The number of amides is 1. The smallest absolute Gasteiger partial charge is 0.291 e. The number of nitrogens with zero attached hydrogens (tertiary/aromatic N) is 1. The van der Waals surface area contributed by atoms with Crippen LogP contribution in [-0.4, -0.2) is 50.5 Å². The SMILES string of the molecule is C=CCOc1ccc(C2c3c(oc4ccccc4c3=O)C(=O)N2C2CCS(=O)(=O)C2)cc1OC. The van der Waals surface area contributed by atoms with Gasteiger partial charge in [0, 0.05) is 6.04 Å². The fourth-order valence-corrected chi connectivity index (χ4v) is 6.47. The Bertz CT molecular complexity index is 1470. The summed E-state index contributed by atoms with van der Waals surface area (Å²) < 4.78 is 41.6. The molecule has 1 aromatic heterocycles. The van der Waals surface area contributed by atoms with Gasteiger partial charge < -0.3 is 18.8 Å². The molecule has 0 radical (unpaired) electrons. The van der Waals surface area contributed by atoms with E-state index in [1.807, 2.05) is 0 Å². The average Bonchev–Trinajstić information content (AvgIpc) is 3.34. The van der Waals surface area contributed by atoms with Crippen molar-refractivity contribution in [3.05, 3.63) is 82.2 Å². The molecule has 1 fully saturated rings. The van der Waals surface area contributed by atoms with Crippen LogP contribution in [0.5, 0.6) is 11.5 Å². The van der Waals surface area contributed by atoms with Crippen molar-refractivity contribution in [1.82, 2.24) is 4.90 Å². The second-order valence-electron chi connectivity index (χ2n) is 8.35. The number of fused-ring (bicyclic) bond motifs is 2. The zero-order chi connectivity index (χ0) is 24.0.